The third-order valence-corrected chi connectivity index (χ3v) is 1.58. The van der Waals surface area contributed by atoms with E-state index in [1.165, 1.54) is 0 Å². The molecule has 0 spiro atoms. The number of rotatable bonds is 0. The molecule has 1 saturated heterocycles. The van der Waals surface area contributed by atoms with E-state index in [4.69, 9.17) is 4.74 Å². The minimum absolute atomic E-state index is 0.161. The molecule has 1 heterocycles. The summed E-state index contributed by atoms with van der Waals surface area (Å²) in [6.07, 6.45) is 0. The molecule has 0 radical (unpaired) electrons. The first-order valence-electron chi connectivity index (χ1n) is 3.47. The highest BCUT2D eigenvalue weighted by Gasteiger charge is 2.34. The molecule has 0 aromatic rings. The molecule has 0 unspecified atom stereocenters. The third-order valence-electron chi connectivity index (χ3n) is 1.58. The topological polar surface area (TPSA) is 38.3 Å². The van der Waals surface area contributed by atoms with E-state index < -0.39 is 5.54 Å². The van der Waals surface area contributed by atoms with Gasteiger partial charge in [0.2, 0.25) is 0 Å². The van der Waals surface area contributed by atoms with Gasteiger partial charge in [-0.05, 0) is 20.8 Å². The van der Waals surface area contributed by atoms with Crippen molar-refractivity contribution in [1.29, 1.82) is 0 Å². The fraction of sp³-hybridized carbons (Fsp3) is 0.857. The number of cyclic esters (lactones) is 1. The minimum atomic E-state index is -0.502. The summed E-state index contributed by atoms with van der Waals surface area (Å²) in [6.45, 7) is 6.13. The highest BCUT2D eigenvalue weighted by Crippen LogP contribution is 2.11. The quantitative estimate of drug-likeness (QED) is 0.496. The number of hydrogen-bond acceptors (Lipinski definition) is 3. The van der Waals surface area contributed by atoms with E-state index in [2.05, 4.69) is 5.32 Å². The van der Waals surface area contributed by atoms with Crippen LogP contribution in [0, 0.1) is 0 Å². The summed E-state index contributed by atoms with van der Waals surface area (Å²) < 4.78 is 4.90. The van der Waals surface area contributed by atoms with Crippen molar-refractivity contribution in [2.45, 2.75) is 32.4 Å². The van der Waals surface area contributed by atoms with Crippen molar-refractivity contribution in [3.63, 3.8) is 0 Å². The van der Waals surface area contributed by atoms with Crippen LogP contribution in [0.2, 0.25) is 0 Å². The van der Waals surface area contributed by atoms with E-state index in [1.807, 2.05) is 20.8 Å². The predicted molar refractivity (Wildman–Crippen MR) is 37.6 cm³/mol. The smallest absolute Gasteiger partial charge is 0.325 e. The van der Waals surface area contributed by atoms with E-state index in [9.17, 15) is 4.79 Å². The highest BCUT2D eigenvalue weighted by atomic mass is 16.5. The summed E-state index contributed by atoms with van der Waals surface area (Å²) in [6, 6.07) is 0.271. The molecule has 3 heteroatoms. The molecule has 1 N–H and O–H groups in total. The second-order valence-corrected chi connectivity index (χ2v) is 3.27. The maximum absolute atomic E-state index is 11.0. The standard InChI is InChI=1S/C7H13NO2/c1-5-4-10-6(9)7(2,3)8-5/h5,8H,4H2,1-3H3/t5-/m1/s1. The SMILES string of the molecule is C[C@@H]1COC(=O)C(C)(C)N1. The van der Waals surface area contributed by atoms with Crippen LogP contribution in [0.25, 0.3) is 0 Å². The van der Waals surface area contributed by atoms with Crippen molar-refractivity contribution < 1.29 is 9.53 Å². The van der Waals surface area contributed by atoms with Gasteiger partial charge in [0.25, 0.3) is 0 Å². The Balaban J connectivity index is 2.63. The van der Waals surface area contributed by atoms with Gasteiger partial charge in [-0.3, -0.25) is 10.1 Å². The van der Waals surface area contributed by atoms with Gasteiger partial charge in [0.15, 0.2) is 0 Å². The largest absolute Gasteiger partial charge is 0.463 e. The van der Waals surface area contributed by atoms with Gasteiger partial charge in [-0.2, -0.15) is 0 Å². The summed E-state index contributed by atoms with van der Waals surface area (Å²) in [5.74, 6) is -0.161. The summed E-state index contributed by atoms with van der Waals surface area (Å²) >= 11 is 0. The monoisotopic (exact) mass is 143 g/mol. The zero-order valence-corrected chi connectivity index (χ0v) is 6.60. The van der Waals surface area contributed by atoms with Crippen molar-refractivity contribution in [2.75, 3.05) is 6.61 Å². The number of ether oxygens (including phenoxy) is 1. The molecule has 1 atom stereocenters. The van der Waals surface area contributed by atoms with Crippen LogP contribution in [0.5, 0.6) is 0 Å². The molecule has 0 bridgehead atoms. The van der Waals surface area contributed by atoms with Crippen LogP contribution in [0.4, 0.5) is 0 Å². The van der Waals surface area contributed by atoms with Crippen molar-refractivity contribution in [2.24, 2.45) is 0 Å². The van der Waals surface area contributed by atoms with E-state index in [0.29, 0.717) is 6.61 Å². The Morgan fingerprint density at radius 1 is 1.70 bits per heavy atom. The molecule has 0 saturated carbocycles. The molecule has 0 aromatic carbocycles. The van der Waals surface area contributed by atoms with Gasteiger partial charge in [-0.1, -0.05) is 0 Å². The Labute approximate surface area is 60.7 Å². The van der Waals surface area contributed by atoms with E-state index in [0.717, 1.165) is 0 Å². The van der Waals surface area contributed by atoms with Gasteiger partial charge in [0.1, 0.15) is 12.1 Å². The first-order chi connectivity index (χ1) is 4.52. The Morgan fingerprint density at radius 2 is 2.30 bits per heavy atom. The number of carbonyl (C=O) groups is 1. The second-order valence-electron chi connectivity index (χ2n) is 3.27. The van der Waals surface area contributed by atoms with Crippen LogP contribution in [-0.4, -0.2) is 24.2 Å². The minimum Gasteiger partial charge on any atom is -0.463 e. The van der Waals surface area contributed by atoms with Crippen LogP contribution >= 0.6 is 0 Å². The Bertz CT molecular complexity index is 154. The van der Waals surface area contributed by atoms with E-state index in [1.54, 1.807) is 0 Å². The number of carbonyl (C=O) groups excluding carboxylic acids is 1. The molecule has 1 aliphatic rings. The number of morpholine rings is 1. The van der Waals surface area contributed by atoms with Gasteiger partial charge < -0.3 is 4.74 Å². The fourth-order valence-electron chi connectivity index (χ4n) is 1.10. The van der Waals surface area contributed by atoms with E-state index in [-0.39, 0.29) is 12.0 Å². The summed E-state index contributed by atoms with van der Waals surface area (Å²) in [5.41, 5.74) is -0.502. The van der Waals surface area contributed by atoms with Crippen LogP contribution in [0.3, 0.4) is 0 Å². The second kappa shape index (κ2) is 2.23. The molecule has 58 valence electrons. The molecule has 10 heavy (non-hydrogen) atoms. The maximum atomic E-state index is 11.0. The molecule has 1 fully saturated rings. The molecular formula is C7H13NO2. The average molecular weight is 143 g/mol. The third kappa shape index (κ3) is 1.29. The van der Waals surface area contributed by atoms with Crippen molar-refractivity contribution in [3.8, 4) is 0 Å². The van der Waals surface area contributed by atoms with Crippen LogP contribution in [0.15, 0.2) is 0 Å². The van der Waals surface area contributed by atoms with Crippen LogP contribution in [-0.2, 0) is 9.53 Å². The van der Waals surface area contributed by atoms with Crippen LogP contribution < -0.4 is 5.32 Å². The maximum Gasteiger partial charge on any atom is 0.325 e. The van der Waals surface area contributed by atoms with Gasteiger partial charge in [0, 0.05) is 6.04 Å². The number of hydrogen-bond donors (Lipinski definition) is 1. The zero-order chi connectivity index (χ0) is 7.78. The Hall–Kier alpha value is -0.570. The summed E-state index contributed by atoms with van der Waals surface area (Å²) in [7, 11) is 0. The Morgan fingerprint density at radius 3 is 2.70 bits per heavy atom. The lowest BCUT2D eigenvalue weighted by molar-refractivity contribution is -0.156. The highest BCUT2D eigenvalue weighted by molar-refractivity contribution is 5.80. The predicted octanol–water partition coefficient (Wildman–Crippen LogP) is 0.300. The Kier molecular flexibility index (Phi) is 1.68. The summed E-state index contributed by atoms with van der Waals surface area (Å²) in [5, 5.41) is 3.13. The molecule has 1 aliphatic heterocycles. The lowest BCUT2D eigenvalue weighted by Gasteiger charge is -2.33. The van der Waals surface area contributed by atoms with Gasteiger partial charge >= 0.3 is 5.97 Å². The van der Waals surface area contributed by atoms with Crippen molar-refractivity contribution in [3.05, 3.63) is 0 Å². The van der Waals surface area contributed by atoms with Crippen molar-refractivity contribution >= 4 is 5.97 Å². The normalized spacial score (nSPS) is 31.5. The van der Waals surface area contributed by atoms with Crippen molar-refractivity contribution in [1.82, 2.24) is 5.32 Å². The number of nitrogens with one attached hydrogen (secondary N) is 1. The molecule has 0 amide bonds. The summed E-state index contributed by atoms with van der Waals surface area (Å²) in [4.78, 5) is 11.0. The zero-order valence-electron chi connectivity index (χ0n) is 6.60. The first kappa shape index (κ1) is 7.54. The molecule has 0 aromatic heterocycles. The average Bonchev–Trinajstić information content (AvgIpc) is 1.78. The molecule has 0 aliphatic carbocycles. The van der Waals surface area contributed by atoms with Gasteiger partial charge in [-0.15, -0.1) is 0 Å². The van der Waals surface area contributed by atoms with E-state index >= 15 is 0 Å². The molecule has 1 rings (SSSR count). The number of esters is 1. The fourth-order valence-corrected chi connectivity index (χ4v) is 1.10. The van der Waals surface area contributed by atoms with Gasteiger partial charge in [0.05, 0.1) is 0 Å². The lowest BCUT2D eigenvalue weighted by Crippen LogP contribution is -2.57. The lowest BCUT2D eigenvalue weighted by atomic mass is 10.0. The first-order valence-corrected chi connectivity index (χ1v) is 3.47. The van der Waals surface area contributed by atoms with Gasteiger partial charge in [-0.25, -0.2) is 0 Å². The molecule has 3 nitrogen and oxygen atoms in total. The molecular weight excluding hydrogens is 130 g/mol. The van der Waals surface area contributed by atoms with Crippen LogP contribution in [0.1, 0.15) is 20.8 Å².